The van der Waals surface area contributed by atoms with Crippen molar-refractivity contribution < 1.29 is 22.7 Å². The van der Waals surface area contributed by atoms with Gasteiger partial charge in [0.2, 0.25) is 0 Å². The van der Waals surface area contributed by atoms with Crippen LogP contribution >= 0.6 is 0 Å². The van der Waals surface area contributed by atoms with Crippen LogP contribution in [-0.2, 0) is 10.9 Å². The van der Waals surface area contributed by atoms with Crippen molar-refractivity contribution in [2.75, 3.05) is 36.5 Å². The van der Waals surface area contributed by atoms with Crippen LogP contribution in [0.2, 0.25) is 0 Å². The van der Waals surface area contributed by atoms with Crippen LogP contribution < -0.4 is 10.2 Å². The number of hydrogen-bond donors (Lipinski definition) is 2. The van der Waals surface area contributed by atoms with Crippen LogP contribution in [0.3, 0.4) is 0 Å². The molecule has 1 fully saturated rings. The summed E-state index contributed by atoms with van der Waals surface area (Å²) in [5, 5.41) is 10.5. The molecule has 0 bridgehead atoms. The van der Waals surface area contributed by atoms with Crippen LogP contribution in [0.25, 0.3) is 22.4 Å². The number of ether oxygens (including phenoxy) is 1. The molecule has 5 rings (SSSR count). The van der Waals surface area contributed by atoms with Gasteiger partial charge in [0.15, 0.2) is 11.5 Å². The first-order valence-corrected chi connectivity index (χ1v) is 10.9. The Balaban J connectivity index is 1.48. The number of carbonyl (C=O) groups is 1. The number of alkyl halides is 3. The van der Waals surface area contributed by atoms with E-state index in [0.29, 0.717) is 49.0 Å². The van der Waals surface area contributed by atoms with Crippen molar-refractivity contribution in [1.82, 2.24) is 20.2 Å². The molecule has 4 aromatic rings. The van der Waals surface area contributed by atoms with E-state index >= 15 is 0 Å². The van der Waals surface area contributed by atoms with Gasteiger partial charge >= 0.3 is 6.18 Å². The zero-order chi connectivity index (χ0) is 24.6. The highest BCUT2D eigenvalue weighted by Crippen LogP contribution is 2.31. The molecule has 1 aliphatic heterocycles. The minimum atomic E-state index is -4.53. The predicted octanol–water partition coefficient (Wildman–Crippen LogP) is 4.44. The second-order valence-corrected chi connectivity index (χ2v) is 8.16. The molecule has 2 N–H and O–H groups in total. The van der Waals surface area contributed by atoms with Crippen LogP contribution in [0.1, 0.15) is 21.5 Å². The van der Waals surface area contributed by atoms with Crippen molar-refractivity contribution >= 4 is 28.4 Å². The van der Waals surface area contributed by atoms with Gasteiger partial charge in [-0.3, -0.25) is 9.89 Å². The summed E-state index contributed by atoms with van der Waals surface area (Å²) < 4.78 is 44.6. The summed E-state index contributed by atoms with van der Waals surface area (Å²) in [6.45, 7) is 4.44. The molecular weight excluding hydrogens is 461 g/mol. The number of amides is 1. The van der Waals surface area contributed by atoms with Gasteiger partial charge in [-0.05, 0) is 42.8 Å². The third-order valence-corrected chi connectivity index (χ3v) is 5.79. The standard InChI is InChI=1S/C24H21F3N6O2/c1-14-5-6-17(29-23(34)15-3-2-4-16(11-15)24(25,26)27)12-18(14)20-30-21-19(13-28-32-21)22(31-20)33-7-9-35-10-8-33/h2-6,11-13H,7-10H2,1H3,(H,29,34)(H,28,30,31,32). The van der Waals surface area contributed by atoms with E-state index < -0.39 is 17.6 Å². The number of fused-ring (bicyclic) bond motifs is 1. The van der Waals surface area contributed by atoms with E-state index in [-0.39, 0.29) is 5.56 Å². The molecule has 3 heterocycles. The molecule has 0 atom stereocenters. The number of aromatic amines is 1. The quantitative estimate of drug-likeness (QED) is 0.447. The lowest BCUT2D eigenvalue weighted by atomic mass is 10.1. The monoisotopic (exact) mass is 482 g/mol. The molecule has 180 valence electrons. The Hall–Kier alpha value is -3.99. The first-order chi connectivity index (χ1) is 16.8. The summed E-state index contributed by atoms with van der Waals surface area (Å²) in [6.07, 6.45) is -2.85. The van der Waals surface area contributed by atoms with E-state index in [9.17, 15) is 18.0 Å². The van der Waals surface area contributed by atoms with Crippen molar-refractivity contribution in [3.05, 3.63) is 65.4 Å². The van der Waals surface area contributed by atoms with Gasteiger partial charge in [-0.25, -0.2) is 9.97 Å². The summed E-state index contributed by atoms with van der Waals surface area (Å²) in [6, 6.07) is 9.49. The maximum Gasteiger partial charge on any atom is 0.416 e. The zero-order valence-electron chi connectivity index (χ0n) is 18.7. The zero-order valence-corrected chi connectivity index (χ0v) is 18.7. The number of halogens is 3. The SMILES string of the molecule is Cc1ccc(NC(=O)c2cccc(C(F)(F)F)c2)cc1-c1nc(N2CCOCC2)c2cn[nH]c2n1. The molecular formula is C24H21F3N6O2. The van der Waals surface area contributed by atoms with E-state index in [2.05, 4.69) is 25.4 Å². The van der Waals surface area contributed by atoms with Crippen molar-refractivity contribution in [1.29, 1.82) is 0 Å². The summed E-state index contributed by atoms with van der Waals surface area (Å²) in [5.74, 6) is 0.528. The lowest BCUT2D eigenvalue weighted by Gasteiger charge is -2.28. The Morgan fingerprint density at radius 3 is 2.69 bits per heavy atom. The molecule has 0 saturated carbocycles. The lowest BCUT2D eigenvalue weighted by Crippen LogP contribution is -2.37. The van der Waals surface area contributed by atoms with E-state index in [1.807, 2.05) is 6.92 Å². The Labute approximate surface area is 198 Å². The average Bonchev–Trinajstić information content (AvgIpc) is 3.33. The first-order valence-electron chi connectivity index (χ1n) is 10.9. The molecule has 0 unspecified atom stereocenters. The fraction of sp³-hybridized carbons (Fsp3) is 0.250. The molecule has 11 heteroatoms. The third-order valence-electron chi connectivity index (χ3n) is 5.79. The van der Waals surface area contributed by atoms with Gasteiger partial charge in [-0.2, -0.15) is 18.3 Å². The molecule has 35 heavy (non-hydrogen) atoms. The minimum Gasteiger partial charge on any atom is -0.378 e. The lowest BCUT2D eigenvalue weighted by molar-refractivity contribution is -0.137. The molecule has 1 saturated heterocycles. The summed E-state index contributed by atoms with van der Waals surface area (Å²) in [5.41, 5.74) is 1.56. The van der Waals surface area contributed by atoms with E-state index in [4.69, 9.17) is 9.72 Å². The van der Waals surface area contributed by atoms with Gasteiger partial charge in [0.05, 0.1) is 30.4 Å². The fourth-order valence-corrected chi connectivity index (χ4v) is 3.94. The Morgan fingerprint density at radius 2 is 1.91 bits per heavy atom. The van der Waals surface area contributed by atoms with Gasteiger partial charge < -0.3 is 15.0 Å². The van der Waals surface area contributed by atoms with E-state index in [1.54, 1.807) is 24.4 Å². The second kappa shape index (κ2) is 8.99. The molecule has 1 amide bonds. The van der Waals surface area contributed by atoms with Crippen LogP contribution in [0.15, 0.2) is 48.7 Å². The number of carbonyl (C=O) groups excluding carboxylic acids is 1. The minimum absolute atomic E-state index is 0.0910. The predicted molar refractivity (Wildman–Crippen MR) is 124 cm³/mol. The van der Waals surface area contributed by atoms with Gasteiger partial charge in [0, 0.05) is 29.9 Å². The number of aromatic nitrogens is 4. The highest BCUT2D eigenvalue weighted by Gasteiger charge is 2.31. The van der Waals surface area contributed by atoms with Gasteiger partial charge in [0.1, 0.15) is 5.82 Å². The molecule has 0 aliphatic carbocycles. The number of nitrogens with one attached hydrogen (secondary N) is 2. The maximum atomic E-state index is 13.0. The number of anilines is 2. The molecule has 2 aromatic carbocycles. The van der Waals surface area contributed by atoms with E-state index in [1.165, 1.54) is 12.1 Å². The smallest absolute Gasteiger partial charge is 0.378 e. The van der Waals surface area contributed by atoms with Gasteiger partial charge in [-0.1, -0.05) is 12.1 Å². The Kier molecular flexibility index (Phi) is 5.85. The Morgan fingerprint density at radius 1 is 1.11 bits per heavy atom. The second-order valence-electron chi connectivity index (χ2n) is 8.16. The van der Waals surface area contributed by atoms with Crippen LogP contribution in [0.4, 0.5) is 24.7 Å². The van der Waals surface area contributed by atoms with Crippen LogP contribution in [0, 0.1) is 6.92 Å². The normalized spacial score (nSPS) is 14.3. The van der Waals surface area contributed by atoms with Crippen molar-refractivity contribution in [2.24, 2.45) is 0 Å². The number of nitrogens with zero attached hydrogens (tertiary/aromatic N) is 4. The largest absolute Gasteiger partial charge is 0.416 e. The number of rotatable bonds is 4. The van der Waals surface area contributed by atoms with Crippen molar-refractivity contribution in [3.63, 3.8) is 0 Å². The average molecular weight is 482 g/mol. The summed E-state index contributed by atoms with van der Waals surface area (Å²) in [4.78, 5) is 24.2. The van der Waals surface area contributed by atoms with Crippen LogP contribution in [-0.4, -0.2) is 52.4 Å². The Bertz CT molecular complexity index is 1400. The number of H-pyrrole nitrogens is 1. The number of morpholine rings is 1. The molecule has 1 aliphatic rings. The molecule has 0 radical (unpaired) electrons. The molecule has 0 spiro atoms. The first kappa shape index (κ1) is 22.8. The fourth-order valence-electron chi connectivity index (χ4n) is 3.94. The van der Waals surface area contributed by atoms with Gasteiger partial charge in [0.25, 0.3) is 5.91 Å². The number of aryl methyl sites for hydroxylation is 1. The molecule has 8 nitrogen and oxygen atoms in total. The van der Waals surface area contributed by atoms with Crippen molar-refractivity contribution in [3.8, 4) is 11.4 Å². The topological polar surface area (TPSA) is 96.0 Å². The maximum absolute atomic E-state index is 13.0. The summed E-state index contributed by atoms with van der Waals surface area (Å²) >= 11 is 0. The highest BCUT2D eigenvalue weighted by atomic mass is 19.4. The third kappa shape index (κ3) is 4.67. The highest BCUT2D eigenvalue weighted by molar-refractivity contribution is 6.04. The van der Waals surface area contributed by atoms with Crippen molar-refractivity contribution in [2.45, 2.75) is 13.1 Å². The number of hydrogen-bond acceptors (Lipinski definition) is 6. The van der Waals surface area contributed by atoms with Crippen LogP contribution in [0.5, 0.6) is 0 Å². The van der Waals surface area contributed by atoms with Gasteiger partial charge in [-0.15, -0.1) is 0 Å². The summed E-state index contributed by atoms with van der Waals surface area (Å²) in [7, 11) is 0. The number of benzene rings is 2. The molecule has 2 aromatic heterocycles. The van der Waals surface area contributed by atoms with E-state index in [0.717, 1.165) is 28.9 Å².